The lowest BCUT2D eigenvalue weighted by molar-refractivity contribution is 0.0722. The van der Waals surface area contributed by atoms with Crippen molar-refractivity contribution in [3.05, 3.63) is 35.0 Å². The van der Waals surface area contributed by atoms with Gasteiger partial charge in [-0.05, 0) is 37.1 Å². The quantitative estimate of drug-likeness (QED) is 0.870. The maximum absolute atomic E-state index is 12.6. The van der Waals surface area contributed by atoms with Gasteiger partial charge in [0.1, 0.15) is 5.69 Å². The molecule has 2 aromatic rings. The van der Waals surface area contributed by atoms with Crippen molar-refractivity contribution in [3.63, 3.8) is 0 Å². The first-order valence-electron chi connectivity index (χ1n) is 6.94. The van der Waals surface area contributed by atoms with Crippen LogP contribution in [0.3, 0.4) is 0 Å². The van der Waals surface area contributed by atoms with Gasteiger partial charge in [0.05, 0.1) is 5.25 Å². The van der Waals surface area contributed by atoms with E-state index in [4.69, 9.17) is 16.7 Å². The second kappa shape index (κ2) is 5.57. The number of aromatic amines is 1. The molecule has 1 fully saturated rings. The second-order valence-corrected chi connectivity index (χ2v) is 7.80. The van der Waals surface area contributed by atoms with E-state index in [-0.39, 0.29) is 12.5 Å². The van der Waals surface area contributed by atoms with Gasteiger partial charge in [-0.25, -0.2) is 13.6 Å². The number of likely N-dealkylation sites (tertiary alicyclic amines) is 1. The van der Waals surface area contributed by atoms with E-state index >= 15 is 0 Å². The summed E-state index contributed by atoms with van der Waals surface area (Å²) in [5, 5.41) is 5.95. The molecule has 1 atom stereocenters. The Morgan fingerprint density at radius 3 is 2.86 bits per heavy atom. The number of carbonyl (C=O) groups is 1. The zero-order valence-corrected chi connectivity index (χ0v) is 13.3. The Bertz CT molecular complexity index is 831. The Hall–Kier alpha value is -1.57. The van der Waals surface area contributed by atoms with Crippen LogP contribution in [0.25, 0.3) is 10.9 Å². The largest absolute Gasteiger partial charge is 0.351 e. The van der Waals surface area contributed by atoms with Gasteiger partial charge in [0, 0.05) is 29.0 Å². The highest BCUT2D eigenvalue weighted by atomic mass is 35.5. The molecule has 2 heterocycles. The summed E-state index contributed by atoms with van der Waals surface area (Å²) < 4.78 is 23.0. The number of benzene rings is 1. The van der Waals surface area contributed by atoms with E-state index in [2.05, 4.69) is 4.98 Å². The van der Waals surface area contributed by atoms with Crippen molar-refractivity contribution in [1.29, 1.82) is 0 Å². The lowest BCUT2D eigenvalue weighted by Gasteiger charge is -2.31. The van der Waals surface area contributed by atoms with Crippen molar-refractivity contribution >= 4 is 38.4 Å². The summed E-state index contributed by atoms with van der Waals surface area (Å²) in [4.78, 5) is 17.1. The molecule has 0 radical (unpaired) electrons. The SMILES string of the molecule is NS(=O)(=O)[C@H]1CCCN(C(=O)c2cc3cc(Cl)ccc3[nH]2)C1. The molecule has 118 valence electrons. The third-order valence-corrected chi connectivity index (χ3v) is 5.49. The van der Waals surface area contributed by atoms with Gasteiger partial charge in [-0.3, -0.25) is 4.79 Å². The molecule has 3 rings (SSSR count). The number of hydrogen-bond donors (Lipinski definition) is 2. The normalized spacial score (nSPS) is 19.5. The Labute approximate surface area is 133 Å². The molecule has 8 heteroatoms. The van der Waals surface area contributed by atoms with Gasteiger partial charge in [0.25, 0.3) is 5.91 Å². The summed E-state index contributed by atoms with van der Waals surface area (Å²) in [6.07, 6.45) is 1.11. The molecular weight excluding hydrogens is 326 g/mol. The molecule has 0 aliphatic carbocycles. The van der Waals surface area contributed by atoms with Crippen LogP contribution in [0.1, 0.15) is 23.3 Å². The number of H-pyrrole nitrogens is 1. The zero-order chi connectivity index (χ0) is 15.9. The molecule has 1 saturated heterocycles. The molecule has 1 aromatic heterocycles. The number of aromatic nitrogens is 1. The average Bonchev–Trinajstić information content (AvgIpc) is 2.88. The fraction of sp³-hybridized carbons (Fsp3) is 0.357. The molecule has 0 bridgehead atoms. The molecule has 1 aromatic carbocycles. The summed E-state index contributed by atoms with van der Waals surface area (Å²) >= 11 is 5.94. The van der Waals surface area contributed by atoms with Gasteiger partial charge in [0.2, 0.25) is 10.0 Å². The standard InChI is InChI=1S/C14H16ClN3O3S/c15-10-3-4-12-9(6-10)7-13(17-12)14(19)18-5-1-2-11(8-18)22(16,20)21/h3-4,6-7,11,17H,1-2,5,8H2,(H2,16,20,21)/t11-/m0/s1. The summed E-state index contributed by atoms with van der Waals surface area (Å²) in [6.45, 7) is 0.661. The number of nitrogens with one attached hydrogen (secondary N) is 1. The predicted octanol–water partition coefficient (Wildman–Crippen LogP) is 1.71. The first kappa shape index (κ1) is 15.3. The van der Waals surface area contributed by atoms with Crippen LogP contribution < -0.4 is 5.14 Å². The first-order valence-corrected chi connectivity index (χ1v) is 8.92. The lowest BCUT2D eigenvalue weighted by atomic mass is 10.1. The van der Waals surface area contributed by atoms with Crippen LogP contribution in [-0.4, -0.2) is 42.5 Å². The van der Waals surface area contributed by atoms with E-state index in [0.717, 1.165) is 10.9 Å². The van der Waals surface area contributed by atoms with Crippen molar-refractivity contribution < 1.29 is 13.2 Å². The molecular formula is C14H16ClN3O3S. The number of halogens is 1. The predicted molar refractivity (Wildman–Crippen MR) is 85.3 cm³/mol. The second-order valence-electron chi connectivity index (χ2n) is 5.52. The van der Waals surface area contributed by atoms with Gasteiger partial charge >= 0.3 is 0 Å². The van der Waals surface area contributed by atoms with Crippen molar-refractivity contribution in [3.8, 4) is 0 Å². The number of hydrogen-bond acceptors (Lipinski definition) is 3. The van der Waals surface area contributed by atoms with E-state index in [1.54, 1.807) is 24.3 Å². The highest BCUT2D eigenvalue weighted by Gasteiger charge is 2.31. The van der Waals surface area contributed by atoms with Crippen LogP contribution in [0.5, 0.6) is 0 Å². The third-order valence-electron chi connectivity index (χ3n) is 3.94. The van der Waals surface area contributed by atoms with Crippen LogP contribution in [0.15, 0.2) is 24.3 Å². The van der Waals surface area contributed by atoms with Gasteiger partial charge in [-0.1, -0.05) is 11.6 Å². The fourth-order valence-corrected chi connectivity index (χ4v) is 3.84. The van der Waals surface area contributed by atoms with Crippen molar-refractivity contribution in [2.75, 3.05) is 13.1 Å². The van der Waals surface area contributed by atoms with Gasteiger partial charge in [0.15, 0.2) is 0 Å². The number of amides is 1. The number of rotatable bonds is 2. The summed E-state index contributed by atoms with van der Waals surface area (Å²) in [5.74, 6) is -0.222. The third kappa shape index (κ3) is 2.97. The summed E-state index contributed by atoms with van der Waals surface area (Å²) in [5.41, 5.74) is 1.24. The molecule has 3 N–H and O–H groups in total. The number of piperidine rings is 1. The Morgan fingerprint density at radius 2 is 2.14 bits per heavy atom. The van der Waals surface area contributed by atoms with Crippen molar-refractivity contribution in [1.82, 2.24) is 9.88 Å². The molecule has 0 saturated carbocycles. The monoisotopic (exact) mass is 341 g/mol. The number of sulfonamides is 1. The minimum atomic E-state index is -3.63. The molecule has 1 aliphatic rings. The topological polar surface area (TPSA) is 96.3 Å². The summed E-state index contributed by atoms with van der Waals surface area (Å²) in [6, 6.07) is 7.04. The van der Waals surface area contributed by atoms with E-state index in [0.29, 0.717) is 30.1 Å². The summed E-state index contributed by atoms with van der Waals surface area (Å²) in [7, 11) is -3.63. The number of fused-ring (bicyclic) bond motifs is 1. The van der Waals surface area contributed by atoms with Crippen LogP contribution >= 0.6 is 11.6 Å². The first-order chi connectivity index (χ1) is 10.3. The van der Waals surface area contributed by atoms with E-state index < -0.39 is 15.3 Å². The molecule has 1 aliphatic heterocycles. The number of nitrogens with two attached hydrogens (primary N) is 1. The molecule has 0 unspecified atom stereocenters. The van der Waals surface area contributed by atoms with E-state index in [1.165, 1.54) is 4.90 Å². The van der Waals surface area contributed by atoms with E-state index in [9.17, 15) is 13.2 Å². The molecule has 0 spiro atoms. The average molecular weight is 342 g/mol. The lowest BCUT2D eigenvalue weighted by Crippen LogP contribution is -2.47. The number of carbonyl (C=O) groups excluding carboxylic acids is 1. The van der Waals surface area contributed by atoms with Crippen LogP contribution in [0, 0.1) is 0 Å². The minimum Gasteiger partial charge on any atom is -0.351 e. The maximum atomic E-state index is 12.6. The number of nitrogens with zero attached hydrogens (tertiary/aromatic N) is 1. The fourth-order valence-electron chi connectivity index (χ4n) is 2.78. The zero-order valence-electron chi connectivity index (χ0n) is 11.8. The Balaban J connectivity index is 1.85. The van der Waals surface area contributed by atoms with Crippen LogP contribution in [-0.2, 0) is 10.0 Å². The highest BCUT2D eigenvalue weighted by Crippen LogP contribution is 2.22. The maximum Gasteiger partial charge on any atom is 0.270 e. The van der Waals surface area contributed by atoms with Crippen LogP contribution in [0.4, 0.5) is 0 Å². The number of primary sulfonamides is 1. The van der Waals surface area contributed by atoms with Crippen LogP contribution in [0.2, 0.25) is 5.02 Å². The minimum absolute atomic E-state index is 0.133. The van der Waals surface area contributed by atoms with Gasteiger partial charge in [-0.15, -0.1) is 0 Å². The molecule has 22 heavy (non-hydrogen) atoms. The smallest absolute Gasteiger partial charge is 0.270 e. The van der Waals surface area contributed by atoms with Crippen molar-refractivity contribution in [2.24, 2.45) is 5.14 Å². The Morgan fingerprint density at radius 1 is 1.36 bits per heavy atom. The molecule has 1 amide bonds. The van der Waals surface area contributed by atoms with Crippen molar-refractivity contribution in [2.45, 2.75) is 18.1 Å². The van der Waals surface area contributed by atoms with E-state index in [1.807, 2.05) is 0 Å². The molecule has 6 nitrogen and oxygen atoms in total. The Kier molecular flexibility index (Phi) is 3.88. The highest BCUT2D eigenvalue weighted by molar-refractivity contribution is 7.89. The van der Waals surface area contributed by atoms with Gasteiger partial charge < -0.3 is 9.88 Å². The van der Waals surface area contributed by atoms with Gasteiger partial charge in [-0.2, -0.15) is 0 Å².